The fraction of sp³-hybridized carbons (Fsp3) is 0.471. The predicted octanol–water partition coefficient (Wildman–Crippen LogP) is 6.07. The van der Waals surface area contributed by atoms with Crippen molar-refractivity contribution in [3.63, 3.8) is 0 Å². The highest BCUT2D eigenvalue weighted by Gasteiger charge is 2.11. The second kappa shape index (κ2) is 9.49. The van der Waals surface area contributed by atoms with Gasteiger partial charge >= 0.3 is 0 Å². The summed E-state index contributed by atoms with van der Waals surface area (Å²) in [5.74, 6) is 0.961. The second-order valence-electron chi connectivity index (χ2n) is 5.44. The Bertz CT molecular complexity index is 558. The van der Waals surface area contributed by atoms with Crippen molar-refractivity contribution < 1.29 is 0 Å². The zero-order valence-electron chi connectivity index (χ0n) is 12.8. The molecule has 0 bridgehead atoms. The van der Waals surface area contributed by atoms with Gasteiger partial charge < -0.3 is 4.57 Å². The average Bonchev–Trinajstić information content (AvgIpc) is 3.01. The van der Waals surface area contributed by atoms with Crippen LogP contribution >= 0.6 is 35.0 Å². The zero-order valence-corrected chi connectivity index (χ0v) is 15.2. The number of benzene rings is 1. The number of imidazole rings is 1. The zero-order chi connectivity index (χ0) is 15.8. The summed E-state index contributed by atoms with van der Waals surface area (Å²) in [4.78, 5) is 4.13. The van der Waals surface area contributed by atoms with Crippen molar-refractivity contribution in [2.45, 2.75) is 50.2 Å². The molecule has 1 aromatic heterocycles. The van der Waals surface area contributed by atoms with Crippen molar-refractivity contribution in [2.24, 2.45) is 0 Å². The second-order valence-corrected chi connectivity index (χ2v) is 7.54. The molecule has 120 valence electrons. The fourth-order valence-electron chi connectivity index (χ4n) is 2.32. The van der Waals surface area contributed by atoms with E-state index in [1.165, 1.54) is 31.2 Å². The molecule has 1 unspecified atom stereocenters. The van der Waals surface area contributed by atoms with E-state index in [4.69, 9.17) is 23.2 Å². The van der Waals surface area contributed by atoms with Crippen LogP contribution in [0.3, 0.4) is 0 Å². The van der Waals surface area contributed by atoms with Crippen molar-refractivity contribution in [2.75, 3.05) is 0 Å². The Kier molecular flexibility index (Phi) is 7.64. The predicted molar refractivity (Wildman–Crippen MR) is 97.9 cm³/mol. The van der Waals surface area contributed by atoms with Crippen molar-refractivity contribution in [3.8, 4) is 0 Å². The normalized spacial score (nSPS) is 12.5. The molecule has 0 spiro atoms. The number of nitrogens with zero attached hydrogens (tertiary/aromatic N) is 2. The van der Waals surface area contributed by atoms with E-state index in [9.17, 15) is 0 Å². The van der Waals surface area contributed by atoms with Crippen LogP contribution in [0.5, 0.6) is 0 Å². The number of halogens is 2. The maximum Gasteiger partial charge on any atom is 0.0946 e. The summed E-state index contributed by atoms with van der Waals surface area (Å²) in [6.45, 7) is 3.25. The highest BCUT2D eigenvalue weighted by molar-refractivity contribution is 7.99. The van der Waals surface area contributed by atoms with Gasteiger partial charge in [0.1, 0.15) is 0 Å². The van der Waals surface area contributed by atoms with Crippen LogP contribution in [0.2, 0.25) is 10.0 Å². The monoisotopic (exact) mass is 356 g/mol. The van der Waals surface area contributed by atoms with Crippen molar-refractivity contribution in [3.05, 3.63) is 52.5 Å². The van der Waals surface area contributed by atoms with E-state index in [1.807, 2.05) is 42.6 Å². The minimum Gasteiger partial charge on any atom is -0.336 e. The molecule has 0 saturated heterocycles. The largest absolute Gasteiger partial charge is 0.336 e. The molecule has 5 heteroatoms. The Morgan fingerprint density at radius 2 is 2.09 bits per heavy atom. The molecular weight excluding hydrogens is 335 g/mol. The van der Waals surface area contributed by atoms with Crippen LogP contribution in [-0.2, 0) is 12.3 Å². The van der Waals surface area contributed by atoms with Crippen molar-refractivity contribution in [1.29, 1.82) is 0 Å². The standard InChI is InChI=1S/C17H22Cl2N2S/c1-2-3-4-5-15(11-21-9-8-20-13-21)22-12-14-6-7-16(18)17(19)10-14/h6-10,13,15H,2-5,11-12H2,1H3. The maximum atomic E-state index is 6.09. The lowest BCUT2D eigenvalue weighted by molar-refractivity contribution is 0.581. The Labute approximate surface area is 147 Å². The summed E-state index contributed by atoms with van der Waals surface area (Å²) in [5.41, 5.74) is 1.23. The summed E-state index contributed by atoms with van der Waals surface area (Å²) in [7, 11) is 0. The van der Waals surface area contributed by atoms with Gasteiger partial charge in [-0.3, -0.25) is 0 Å². The van der Waals surface area contributed by atoms with Crippen LogP contribution in [0.15, 0.2) is 36.9 Å². The van der Waals surface area contributed by atoms with Crippen LogP contribution in [0.1, 0.15) is 38.2 Å². The first-order chi connectivity index (χ1) is 10.7. The number of hydrogen-bond acceptors (Lipinski definition) is 2. The van der Waals surface area contributed by atoms with Crippen molar-refractivity contribution in [1.82, 2.24) is 9.55 Å². The van der Waals surface area contributed by atoms with Gasteiger partial charge in [0, 0.05) is 29.9 Å². The summed E-state index contributed by atoms with van der Waals surface area (Å²) >= 11 is 14.1. The van der Waals surface area contributed by atoms with E-state index in [2.05, 4.69) is 22.5 Å². The number of aromatic nitrogens is 2. The Morgan fingerprint density at radius 3 is 2.77 bits per heavy atom. The van der Waals surface area contributed by atoms with Crippen LogP contribution in [0.25, 0.3) is 0 Å². The third-order valence-electron chi connectivity index (χ3n) is 3.57. The molecule has 0 amide bonds. The summed E-state index contributed by atoms with van der Waals surface area (Å²) < 4.78 is 2.17. The highest BCUT2D eigenvalue weighted by Crippen LogP contribution is 2.28. The molecule has 0 aliphatic carbocycles. The number of unbranched alkanes of at least 4 members (excludes halogenated alkanes) is 2. The molecule has 1 heterocycles. The lowest BCUT2D eigenvalue weighted by Gasteiger charge is -2.17. The lowest BCUT2D eigenvalue weighted by atomic mass is 10.1. The molecular formula is C17H22Cl2N2S. The van der Waals surface area contributed by atoms with Crippen LogP contribution in [0, 0.1) is 0 Å². The molecule has 0 aliphatic heterocycles. The van der Waals surface area contributed by atoms with Gasteiger partial charge in [-0.1, -0.05) is 55.5 Å². The minimum absolute atomic E-state index is 0.593. The fourth-order valence-corrected chi connectivity index (χ4v) is 3.86. The van der Waals surface area contributed by atoms with Gasteiger partial charge in [0.15, 0.2) is 0 Å². The van der Waals surface area contributed by atoms with Gasteiger partial charge in [-0.05, 0) is 24.1 Å². The molecule has 0 saturated carbocycles. The Balaban J connectivity index is 1.91. The minimum atomic E-state index is 0.593. The molecule has 1 atom stereocenters. The SMILES string of the molecule is CCCCCC(Cn1ccnc1)SCc1ccc(Cl)c(Cl)c1. The lowest BCUT2D eigenvalue weighted by Crippen LogP contribution is -2.12. The molecule has 0 fully saturated rings. The third kappa shape index (κ3) is 5.86. The molecule has 0 radical (unpaired) electrons. The topological polar surface area (TPSA) is 17.8 Å². The van der Waals surface area contributed by atoms with Gasteiger partial charge in [-0.2, -0.15) is 11.8 Å². The first-order valence-corrected chi connectivity index (χ1v) is 9.50. The molecule has 0 N–H and O–H groups in total. The Morgan fingerprint density at radius 1 is 1.23 bits per heavy atom. The number of rotatable bonds is 9. The van der Waals surface area contributed by atoms with E-state index >= 15 is 0 Å². The van der Waals surface area contributed by atoms with Crippen molar-refractivity contribution >= 4 is 35.0 Å². The molecule has 1 aromatic carbocycles. The first kappa shape index (κ1) is 17.7. The maximum absolute atomic E-state index is 6.09. The van der Waals surface area contributed by atoms with Crippen LogP contribution in [-0.4, -0.2) is 14.8 Å². The van der Waals surface area contributed by atoms with E-state index in [1.54, 1.807) is 0 Å². The first-order valence-electron chi connectivity index (χ1n) is 7.70. The number of hydrogen-bond donors (Lipinski definition) is 0. The molecule has 22 heavy (non-hydrogen) atoms. The van der Waals surface area contributed by atoms with Gasteiger partial charge in [0.2, 0.25) is 0 Å². The quantitative estimate of drug-likeness (QED) is 0.507. The van der Waals surface area contributed by atoms with Crippen LogP contribution in [0.4, 0.5) is 0 Å². The summed E-state index contributed by atoms with van der Waals surface area (Å²) in [6, 6.07) is 5.90. The van der Waals surface area contributed by atoms with Crippen LogP contribution < -0.4 is 0 Å². The highest BCUT2D eigenvalue weighted by atomic mass is 35.5. The molecule has 2 rings (SSSR count). The smallest absolute Gasteiger partial charge is 0.0946 e. The van der Waals surface area contributed by atoms with Gasteiger partial charge in [-0.25, -0.2) is 4.98 Å². The summed E-state index contributed by atoms with van der Waals surface area (Å²) in [5, 5.41) is 1.85. The Hall–Kier alpha value is -0.640. The van der Waals surface area contributed by atoms with Gasteiger partial charge in [0.25, 0.3) is 0 Å². The molecule has 2 nitrogen and oxygen atoms in total. The molecule has 2 aromatic rings. The number of thioether (sulfide) groups is 1. The van der Waals surface area contributed by atoms with E-state index in [0.29, 0.717) is 15.3 Å². The van der Waals surface area contributed by atoms with Gasteiger partial charge in [0.05, 0.1) is 16.4 Å². The van der Waals surface area contributed by atoms with E-state index in [0.717, 1.165) is 12.3 Å². The summed E-state index contributed by atoms with van der Waals surface area (Å²) in [6.07, 6.45) is 10.8. The molecule has 0 aliphatic rings. The van der Waals surface area contributed by atoms with E-state index < -0.39 is 0 Å². The van der Waals surface area contributed by atoms with E-state index in [-0.39, 0.29) is 0 Å². The average molecular weight is 357 g/mol. The van der Waals surface area contributed by atoms with Gasteiger partial charge in [-0.15, -0.1) is 0 Å². The third-order valence-corrected chi connectivity index (χ3v) is 5.67.